The smallest absolute Gasteiger partial charge is 0.309 e. The summed E-state index contributed by atoms with van der Waals surface area (Å²) in [7, 11) is 1.55. The zero-order valence-electron chi connectivity index (χ0n) is 21.1. The second-order valence-electron chi connectivity index (χ2n) is 8.95. The first-order chi connectivity index (χ1) is 18.4. The Morgan fingerprint density at radius 2 is 1.82 bits per heavy atom. The Morgan fingerprint density at radius 1 is 1.08 bits per heavy atom. The van der Waals surface area contributed by atoms with Crippen LogP contribution in [0.5, 0.6) is 23.0 Å². The fraction of sp³-hybridized carbons (Fsp3) is 0.333. The summed E-state index contributed by atoms with van der Waals surface area (Å²) in [6.07, 6.45) is 2.62. The molecule has 1 amide bonds. The lowest BCUT2D eigenvalue weighted by Gasteiger charge is -2.31. The molecule has 0 radical (unpaired) electrons. The van der Waals surface area contributed by atoms with E-state index in [0.717, 1.165) is 0 Å². The van der Waals surface area contributed by atoms with Crippen molar-refractivity contribution < 1.29 is 28.5 Å². The van der Waals surface area contributed by atoms with Gasteiger partial charge < -0.3 is 29.2 Å². The van der Waals surface area contributed by atoms with Crippen molar-refractivity contribution in [2.24, 2.45) is 13.0 Å². The molecule has 0 bridgehead atoms. The van der Waals surface area contributed by atoms with Crippen LogP contribution in [-0.2, 0) is 16.6 Å². The van der Waals surface area contributed by atoms with Gasteiger partial charge in [-0.25, -0.2) is 4.68 Å². The zero-order valence-corrected chi connectivity index (χ0v) is 21.1. The first-order valence-corrected chi connectivity index (χ1v) is 12.4. The van der Waals surface area contributed by atoms with Gasteiger partial charge in [-0.3, -0.25) is 14.4 Å². The minimum absolute atomic E-state index is 0.106. The normalized spacial score (nSPS) is 14.7. The Kier molecular flexibility index (Phi) is 7.16. The minimum Gasteiger partial charge on any atom is -0.466 e. The Morgan fingerprint density at radius 3 is 2.55 bits per heavy atom. The van der Waals surface area contributed by atoms with Crippen molar-refractivity contribution in [1.82, 2.24) is 14.7 Å². The molecule has 11 heteroatoms. The summed E-state index contributed by atoms with van der Waals surface area (Å²) in [4.78, 5) is 39.6. The van der Waals surface area contributed by atoms with E-state index in [4.69, 9.17) is 18.9 Å². The maximum atomic E-state index is 13.0. The second kappa shape index (κ2) is 10.8. The number of ether oxygens (including phenoxy) is 4. The molecule has 2 aromatic carbocycles. The minimum atomic E-state index is -0.382. The molecule has 3 aromatic rings. The van der Waals surface area contributed by atoms with E-state index in [1.807, 2.05) is 0 Å². The highest BCUT2D eigenvalue weighted by Gasteiger charge is 2.28. The molecule has 0 saturated carbocycles. The summed E-state index contributed by atoms with van der Waals surface area (Å²) in [6.45, 7) is 3.28. The molecule has 0 aliphatic carbocycles. The lowest BCUT2D eigenvalue weighted by molar-refractivity contribution is -0.149. The van der Waals surface area contributed by atoms with E-state index in [-0.39, 0.29) is 41.6 Å². The van der Waals surface area contributed by atoms with E-state index in [0.29, 0.717) is 61.0 Å². The van der Waals surface area contributed by atoms with E-state index in [1.54, 1.807) is 61.3 Å². The molecular weight excluding hydrogens is 492 g/mol. The van der Waals surface area contributed by atoms with E-state index < -0.39 is 0 Å². The third-order valence-electron chi connectivity index (χ3n) is 6.48. The van der Waals surface area contributed by atoms with Crippen LogP contribution in [-0.4, -0.2) is 53.0 Å². The monoisotopic (exact) mass is 520 g/mol. The SMILES string of the molecule is CCOC(=O)C1CCN(C(=O)c2ccc(Nc3c(Oc4ccc5c(c4)OCO5)cnn(C)c3=O)cc2)CC1. The third-order valence-corrected chi connectivity index (χ3v) is 6.48. The number of benzene rings is 2. The largest absolute Gasteiger partial charge is 0.466 e. The van der Waals surface area contributed by atoms with Crippen LogP contribution in [0, 0.1) is 5.92 Å². The van der Waals surface area contributed by atoms with Gasteiger partial charge in [-0.1, -0.05) is 0 Å². The average molecular weight is 521 g/mol. The van der Waals surface area contributed by atoms with E-state index in [9.17, 15) is 14.4 Å². The lowest BCUT2D eigenvalue weighted by Crippen LogP contribution is -2.40. The summed E-state index contributed by atoms with van der Waals surface area (Å²) in [6, 6.07) is 12.0. The fourth-order valence-electron chi connectivity index (χ4n) is 4.38. The first kappa shape index (κ1) is 25.1. The van der Waals surface area contributed by atoms with Gasteiger partial charge >= 0.3 is 5.97 Å². The molecule has 2 aliphatic rings. The Labute approximate surface area is 218 Å². The molecule has 38 heavy (non-hydrogen) atoms. The number of fused-ring (bicyclic) bond motifs is 1. The van der Waals surface area contributed by atoms with Crippen LogP contribution in [0.4, 0.5) is 11.4 Å². The van der Waals surface area contributed by atoms with Crippen molar-refractivity contribution in [2.75, 3.05) is 31.8 Å². The molecule has 11 nitrogen and oxygen atoms in total. The zero-order chi connectivity index (χ0) is 26.6. The first-order valence-electron chi connectivity index (χ1n) is 12.4. The molecule has 3 heterocycles. The Hall–Kier alpha value is -4.54. The molecule has 0 atom stereocenters. The van der Waals surface area contributed by atoms with Gasteiger partial charge in [0.1, 0.15) is 5.75 Å². The number of hydrogen-bond donors (Lipinski definition) is 1. The van der Waals surface area contributed by atoms with Crippen molar-refractivity contribution in [3.63, 3.8) is 0 Å². The number of aromatic nitrogens is 2. The molecule has 2 aliphatic heterocycles. The Bertz CT molecular complexity index is 1400. The summed E-state index contributed by atoms with van der Waals surface area (Å²) in [5.74, 6) is 1.40. The van der Waals surface area contributed by atoms with Gasteiger partial charge in [-0.15, -0.1) is 0 Å². The van der Waals surface area contributed by atoms with Crippen LogP contribution in [0.3, 0.4) is 0 Å². The van der Waals surface area contributed by atoms with Crippen molar-refractivity contribution in [1.29, 1.82) is 0 Å². The molecule has 1 saturated heterocycles. The van der Waals surface area contributed by atoms with Crippen LogP contribution in [0.25, 0.3) is 0 Å². The summed E-state index contributed by atoms with van der Waals surface area (Å²) in [5.41, 5.74) is 0.930. The predicted octanol–water partition coefficient (Wildman–Crippen LogP) is 3.46. The summed E-state index contributed by atoms with van der Waals surface area (Å²) in [5, 5.41) is 7.17. The fourth-order valence-corrected chi connectivity index (χ4v) is 4.38. The highest BCUT2D eigenvalue weighted by atomic mass is 16.7. The highest BCUT2D eigenvalue weighted by Crippen LogP contribution is 2.37. The maximum Gasteiger partial charge on any atom is 0.309 e. The van der Waals surface area contributed by atoms with Gasteiger partial charge in [-0.2, -0.15) is 5.10 Å². The van der Waals surface area contributed by atoms with Crippen LogP contribution < -0.4 is 25.1 Å². The number of aryl methyl sites for hydroxylation is 1. The van der Waals surface area contributed by atoms with Crippen molar-refractivity contribution in [2.45, 2.75) is 19.8 Å². The predicted molar refractivity (Wildman–Crippen MR) is 137 cm³/mol. The topological polar surface area (TPSA) is 121 Å². The molecule has 1 N–H and O–H groups in total. The third kappa shape index (κ3) is 5.26. The number of piperidine rings is 1. The number of nitrogens with one attached hydrogen (secondary N) is 1. The van der Waals surface area contributed by atoms with Crippen molar-refractivity contribution in [3.8, 4) is 23.0 Å². The summed E-state index contributed by atoms with van der Waals surface area (Å²) < 4.78 is 23.0. The molecule has 1 fully saturated rings. The van der Waals surface area contributed by atoms with Gasteiger partial charge in [0.2, 0.25) is 6.79 Å². The van der Waals surface area contributed by atoms with Gasteiger partial charge in [0.25, 0.3) is 11.5 Å². The molecule has 0 unspecified atom stereocenters. The molecule has 1 aromatic heterocycles. The van der Waals surface area contributed by atoms with Crippen LogP contribution in [0.15, 0.2) is 53.5 Å². The number of carbonyl (C=O) groups is 2. The van der Waals surface area contributed by atoms with Crippen LogP contribution in [0.2, 0.25) is 0 Å². The van der Waals surface area contributed by atoms with Gasteiger partial charge in [-0.05, 0) is 56.2 Å². The number of likely N-dealkylation sites (tertiary alicyclic amines) is 1. The number of rotatable bonds is 7. The van der Waals surface area contributed by atoms with Crippen molar-refractivity contribution >= 4 is 23.3 Å². The number of hydrogen-bond acceptors (Lipinski definition) is 9. The number of esters is 1. The highest BCUT2D eigenvalue weighted by molar-refractivity contribution is 5.94. The molecule has 198 valence electrons. The van der Waals surface area contributed by atoms with E-state index in [1.165, 1.54) is 10.9 Å². The molecular formula is C27H28N4O7. The number of nitrogens with zero attached hydrogens (tertiary/aromatic N) is 3. The Balaban J connectivity index is 1.28. The number of amides is 1. The molecule has 5 rings (SSSR count). The van der Waals surface area contributed by atoms with E-state index >= 15 is 0 Å². The van der Waals surface area contributed by atoms with E-state index in [2.05, 4.69) is 10.4 Å². The van der Waals surface area contributed by atoms with Crippen LogP contribution in [0.1, 0.15) is 30.1 Å². The van der Waals surface area contributed by atoms with Crippen molar-refractivity contribution in [3.05, 3.63) is 64.6 Å². The van der Waals surface area contributed by atoms with Gasteiger partial charge in [0, 0.05) is 37.5 Å². The average Bonchev–Trinajstić information content (AvgIpc) is 3.41. The lowest BCUT2D eigenvalue weighted by atomic mass is 9.96. The summed E-state index contributed by atoms with van der Waals surface area (Å²) >= 11 is 0. The van der Waals surface area contributed by atoms with Gasteiger partial charge in [0.05, 0.1) is 18.7 Å². The number of anilines is 2. The van der Waals surface area contributed by atoms with Crippen LogP contribution >= 0.6 is 0 Å². The molecule has 0 spiro atoms. The quantitative estimate of drug-likeness (QED) is 0.467. The standard InChI is InChI=1S/C27H28N4O7/c1-3-35-27(34)18-10-12-31(13-11-18)25(32)17-4-6-19(7-5-17)29-24-23(15-28-30(2)26(24)33)38-20-8-9-21-22(14-20)37-16-36-21/h4-9,14-15,18,29H,3,10-13,16H2,1-2H3. The maximum absolute atomic E-state index is 13.0. The van der Waals surface area contributed by atoms with Gasteiger partial charge in [0.15, 0.2) is 22.9 Å². The second-order valence-corrected chi connectivity index (χ2v) is 8.95. The number of carbonyl (C=O) groups excluding carboxylic acids is 2.